The molecular weight excluding hydrogens is 260 g/mol. The summed E-state index contributed by atoms with van der Waals surface area (Å²) in [6.07, 6.45) is 2.73. The first-order valence-corrected chi connectivity index (χ1v) is 6.04. The van der Waals surface area contributed by atoms with Crippen molar-refractivity contribution < 1.29 is 19.4 Å². The highest BCUT2D eigenvalue weighted by Gasteiger charge is 2.12. The van der Waals surface area contributed by atoms with Gasteiger partial charge in [-0.15, -0.1) is 0 Å². The fourth-order valence-electron chi connectivity index (χ4n) is 1.84. The van der Waals surface area contributed by atoms with Gasteiger partial charge in [0.15, 0.2) is 0 Å². The number of nitrogens with zero attached hydrogens (tertiary/aromatic N) is 1. The summed E-state index contributed by atoms with van der Waals surface area (Å²) in [5.41, 5.74) is 3.21. The van der Waals surface area contributed by atoms with E-state index in [-0.39, 0.29) is 6.47 Å². The van der Waals surface area contributed by atoms with Crippen molar-refractivity contribution in [1.82, 2.24) is 10.2 Å². The Hall–Kier alpha value is -2.50. The van der Waals surface area contributed by atoms with Crippen LogP contribution in [0.15, 0.2) is 24.4 Å². The van der Waals surface area contributed by atoms with Crippen molar-refractivity contribution in [3.8, 4) is 22.6 Å². The van der Waals surface area contributed by atoms with E-state index >= 15 is 0 Å². The number of H-pyrrole nitrogens is 1. The average molecular weight is 278 g/mol. The number of methoxy groups -OCH3 is 2. The lowest BCUT2D eigenvalue weighted by Crippen LogP contribution is -1.92. The lowest BCUT2D eigenvalue weighted by Gasteiger charge is -2.10. The Labute approximate surface area is 117 Å². The molecule has 20 heavy (non-hydrogen) atoms. The predicted molar refractivity (Wildman–Crippen MR) is 75.2 cm³/mol. The number of ether oxygens (including phenoxy) is 2. The fourth-order valence-corrected chi connectivity index (χ4v) is 1.84. The molecule has 1 heterocycles. The minimum Gasteiger partial charge on any atom is -0.497 e. The molecule has 0 fully saturated rings. The van der Waals surface area contributed by atoms with Gasteiger partial charge in [0.2, 0.25) is 0 Å². The molecule has 0 aliphatic heterocycles. The number of nitrogens with one attached hydrogen (secondary N) is 1. The summed E-state index contributed by atoms with van der Waals surface area (Å²) in [6.45, 7) is 1.84. The zero-order chi connectivity index (χ0) is 15.0. The minimum absolute atomic E-state index is 0.250. The van der Waals surface area contributed by atoms with E-state index in [4.69, 9.17) is 19.4 Å². The fraction of sp³-hybridized carbons (Fsp3) is 0.286. The van der Waals surface area contributed by atoms with Crippen molar-refractivity contribution in [2.45, 2.75) is 13.3 Å². The molecule has 108 valence electrons. The smallest absolute Gasteiger partial charge is 0.290 e. The van der Waals surface area contributed by atoms with Crippen LogP contribution < -0.4 is 9.47 Å². The molecule has 1 aromatic heterocycles. The third-order valence-corrected chi connectivity index (χ3v) is 2.77. The normalized spacial score (nSPS) is 9.35. The molecular formula is C14H18N2O4. The van der Waals surface area contributed by atoms with E-state index in [1.54, 1.807) is 14.2 Å². The van der Waals surface area contributed by atoms with Gasteiger partial charge in [0, 0.05) is 22.9 Å². The van der Waals surface area contributed by atoms with Gasteiger partial charge >= 0.3 is 0 Å². The summed E-state index contributed by atoms with van der Waals surface area (Å²) >= 11 is 0. The number of hydrogen-bond donors (Lipinski definition) is 2. The van der Waals surface area contributed by atoms with E-state index in [0.717, 1.165) is 34.7 Å². The third kappa shape index (κ3) is 3.50. The Morgan fingerprint density at radius 3 is 2.55 bits per heavy atom. The molecule has 0 unspecified atom stereocenters. The van der Waals surface area contributed by atoms with Crippen molar-refractivity contribution in [2.75, 3.05) is 14.2 Å². The van der Waals surface area contributed by atoms with Crippen molar-refractivity contribution >= 4 is 6.47 Å². The number of benzene rings is 1. The van der Waals surface area contributed by atoms with E-state index in [2.05, 4.69) is 17.1 Å². The van der Waals surface area contributed by atoms with Gasteiger partial charge in [-0.05, 0) is 18.6 Å². The van der Waals surface area contributed by atoms with Crippen LogP contribution >= 0.6 is 0 Å². The molecule has 0 aliphatic carbocycles. The molecule has 0 amide bonds. The van der Waals surface area contributed by atoms with E-state index in [9.17, 15) is 0 Å². The third-order valence-electron chi connectivity index (χ3n) is 2.77. The summed E-state index contributed by atoms with van der Waals surface area (Å²) in [5, 5.41) is 14.0. The second-order valence-corrected chi connectivity index (χ2v) is 3.79. The van der Waals surface area contributed by atoms with Gasteiger partial charge in [0.05, 0.1) is 20.4 Å². The number of carboxylic acid groups (broad SMARTS) is 1. The predicted octanol–water partition coefficient (Wildman–Crippen LogP) is 2.36. The summed E-state index contributed by atoms with van der Waals surface area (Å²) in [4.78, 5) is 8.36. The van der Waals surface area contributed by atoms with Crippen LogP contribution in [0, 0.1) is 0 Å². The van der Waals surface area contributed by atoms with E-state index in [1.165, 1.54) is 0 Å². The van der Waals surface area contributed by atoms with E-state index in [0.29, 0.717) is 0 Å². The molecule has 0 spiro atoms. The van der Waals surface area contributed by atoms with Gasteiger partial charge in [-0.1, -0.05) is 6.92 Å². The van der Waals surface area contributed by atoms with Gasteiger partial charge < -0.3 is 14.6 Å². The first-order valence-electron chi connectivity index (χ1n) is 6.04. The molecule has 0 aliphatic rings. The highest BCUT2D eigenvalue weighted by atomic mass is 16.5. The molecule has 1 aromatic carbocycles. The Kier molecular flexibility index (Phi) is 6.09. The van der Waals surface area contributed by atoms with Gasteiger partial charge in [-0.2, -0.15) is 5.10 Å². The average Bonchev–Trinajstić information content (AvgIpc) is 2.95. The number of hydrogen-bond acceptors (Lipinski definition) is 4. The highest BCUT2D eigenvalue weighted by Crippen LogP contribution is 2.34. The maximum absolute atomic E-state index is 8.36. The number of rotatable bonds is 4. The van der Waals surface area contributed by atoms with Crippen LogP contribution in [-0.4, -0.2) is 36.0 Å². The molecule has 2 rings (SSSR count). The Balaban J connectivity index is 0.000000612. The Morgan fingerprint density at radius 2 is 2.00 bits per heavy atom. The van der Waals surface area contributed by atoms with Crippen LogP contribution in [0.5, 0.6) is 11.5 Å². The van der Waals surface area contributed by atoms with Gasteiger partial charge in [-0.25, -0.2) is 0 Å². The van der Waals surface area contributed by atoms with Crippen LogP contribution in [-0.2, 0) is 11.2 Å². The Morgan fingerprint density at radius 1 is 1.30 bits per heavy atom. The minimum atomic E-state index is -0.250. The lowest BCUT2D eigenvalue weighted by atomic mass is 10.0. The SMILES string of the molecule is CCc1[nH]ncc1-c1ccc(OC)cc1OC.O=CO. The molecule has 0 saturated heterocycles. The van der Waals surface area contributed by atoms with Gasteiger partial charge in [-0.3, -0.25) is 9.89 Å². The monoisotopic (exact) mass is 278 g/mol. The maximum atomic E-state index is 8.36. The van der Waals surface area contributed by atoms with E-state index in [1.807, 2.05) is 24.4 Å². The van der Waals surface area contributed by atoms with Crippen molar-refractivity contribution in [3.63, 3.8) is 0 Å². The van der Waals surface area contributed by atoms with Crippen molar-refractivity contribution in [3.05, 3.63) is 30.1 Å². The molecule has 6 heteroatoms. The van der Waals surface area contributed by atoms with E-state index < -0.39 is 0 Å². The maximum Gasteiger partial charge on any atom is 0.290 e. The molecule has 0 radical (unpaired) electrons. The van der Waals surface area contributed by atoms with Crippen LogP contribution in [0.4, 0.5) is 0 Å². The van der Waals surface area contributed by atoms with Crippen LogP contribution in [0.3, 0.4) is 0 Å². The van der Waals surface area contributed by atoms with Crippen molar-refractivity contribution in [2.24, 2.45) is 0 Å². The van der Waals surface area contributed by atoms with Crippen molar-refractivity contribution in [1.29, 1.82) is 0 Å². The quantitative estimate of drug-likeness (QED) is 0.839. The first-order chi connectivity index (χ1) is 9.71. The van der Waals surface area contributed by atoms with Crippen LogP contribution in [0.1, 0.15) is 12.6 Å². The molecule has 2 N–H and O–H groups in total. The molecule has 0 saturated carbocycles. The van der Waals surface area contributed by atoms with Crippen LogP contribution in [0.25, 0.3) is 11.1 Å². The molecule has 2 aromatic rings. The topological polar surface area (TPSA) is 84.4 Å². The molecule has 0 atom stereocenters. The first kappa shape index (κ1) is 15.6. The summed E-state index contributed by atoms with van der Waals surface area (Å²) < 4.78 is 10.6. The number of aromatic nitrogens is 2. The largest absolute Gasteiger partial charge is 0.497 e. The zero-order valence-electron chi connectivity index (χ0n) is 11.7. The van der Waals surface area contributed by atoms with Gasteiger partial charge in [0.25, 0.3) is 6.47 Å². The Bertz CT molecular complexity index is 552. The summed E-state index contributed by atoms with van der Waals surface area (Å²) in [7, 11) is 3.30. The lowest BCUT2D eigenvalue weighted by molar-refractivity contribution is -0.122. The zero-order valence-corrected chi connectivity index (χ0v) is 11.7. The summed E-state index contributed by atoms with van der Waals surface area (Å²) in [5.74, 6) is 1.58. The number of aryl methyl sites for hydroxylation is 1. The number of carbonyl (C=O) groups is 1. The summed E-state index contributed by atoms with van der Waals surface area (Å²) in [6, 6.07) is 5.79. The van der Waals surface area contributed by atoms with Crippen LogP contribution in [0.2, 0.25) is 0 Å². The molecule has 0 bridgehead atoms. The highest BCUT2D eigenvalue weighted by molar-refractivity contribution is 5.72. The standard InChI is InChI=1S/C13H16N2O2.CH2O2/c1-4-12-11(8-14-15-12)10-6-5-9(16-2)7-13(10)17-3;2-1-3/h5-8H,4H2,1-3H3,(H,14,15);1H,(H,2,3). The second kappa shape index (κ2) is 7.83. The second-order valence-electron chi connectivity index (χ2n) is 3.79. The molecule has 6 nitrogen and oxygen atoms in total. The van der Waals surface area contributed by atoms with Gasteiger partial charge in [0.1, 0.15) is 11.5 Å². The number of aromatic amines is 1.